The molecule has 3 fully saturated rings. The zero-order valence-corrected chi connectivity index (χ0v) is 17.4. The topological polar surface area (TPSA) is 72.3 Å². The van der Waals surface area contributed by atoms with Crippen LogP contribution >= 0.6 is 0 Å². The molecule has 2 bridgehead atoms. The summed E-state index contributed by atoms with van der Waals surface area (Å²) in [5.41, 5.74) is 1.37. The Hall–Kier alpha value is -2.98. The van der Waals surface area contributed by atoms with Gasteiger partial charge in [-0.3, -0.25) is 4.79 Å². The van der Waals surface area contributed by atoms with E-state index in [2.05, 4.69) is 21.3 Å². The Morgan fingerprint density at radius 2 is 2.00 bits per heavy atom. The Morgan fingerprint density at radius 1 is 1.23 bits per heavy atom. The van der Waals surface area contributed by atoms with E-state index in [0.717, 1.165) is 37.1 Å². The van der Waals surface area contributed by atoms with Gasteiger partial charge in [0.25, 0.3) is 0 Å². The van der Waals surface area contributed by atoms with Gasteiger partial charge >= 0.3 is 0 Å². The van der Waals surface area contributed by atoms with Gasteiger partial charge in [-0.2, -0.15) is 5.26 Å². The summed E-state index contributed by atoms with van der Waals surface area (Å²) in [5, 5.41) is 12.5. The Balaban J connectivity index is 1.16. The van der Waals surface area contributed by atoms with Crippen molar-refractivity contribution in [3.63, 3.8) is 0 Å². The van der Waals surface area contributed by atoms with Crippen molar-refractivity contribution in [3.8, 4) is 6.07 Å². The van der Waals surface area contributed by atoms with Crippen LogP contribution in [0.1, 0.15) is 43.2 Å². The number of halogens is 1. The first-order valence-electron chi connectivity index (χ1n) is 11.0. The number of nitrogens with zero attached hydrogens (tertiary/aromatic N) is 4. The van der Waals surface area contributed by atoms with E-state index in [0.29, 0.717) is 31.6 Å². The third-order valence-electron chi connectivity index (χ3n) is 6.91. The van der Waals surface area contributed by atoms with Crippen LogP contribution in [0.2, 0.25) is 0 Å². The van der Waals surface area contributed by atoms with Crippen molar-refractivity contribution in [1.29, 1.82) is 5.26 Å². The summed E-state index contributed by atoms with van der Waals surface area (Å²) in [6, 6.07) is 13.1. The number of hydrogen-bond acceptors (Lipinski definition) is 5. The molecule has 1 aliphatic carbocycles. The number of hydrogen-bond donors (Lipinski definition) is 1. The molecule has 1 aromatic carbocycles. The number of carbonyl (C=O) groups excluding carboxylic acids is 1. The van der Waals surface area contributed by atoms with Crippen molar-refractivity contribution in [2.24, 2.45) is 0 Å². The lowest BCUT2D eigenvalue weighted by Gasteiger charge is -2.42. The SMILES string of the molecule is N#Cc1ccc(N2C3CCC2CN(C(=O)CCNC2(c4cccc(F)c4)CC2)C3)nc1. The standard InChI is InChI=1S/C24H26FN5O/c25-19-3-1-2-18(12-19)24(9-10-24)28-11-8-23(31)29-15-20-5-6-21(16-29)30(20)22-7-4-17(13-26)14-27-22/h1-4,7,12,14,20-21,28H,5-6,8-11,15-16H2. The number of fused-ring (bicyclic) bond motifs is 2. The maximum atomic E-state index is 13.6. The fourth-order valence-electron chi connectivity index (χ4n) is 5.13. The van der Waals surface area contributed by atoms with Crippen LogP contribution in [0, 0.1) is 17.1 Å². The summed E-state index contributed by atoms with van der Waals surface area (Å²) in [7, 11) is 0. The van der Waals surface area contributed by atoms with Crippen LogP contribution in [0.5, 0.6) is 0 Å². The number of aromatic nitrogens is 1. The normalized spacial score (nSPS) is 23.5. The first-order valence-corrected chi connectivity index (χ1v) is 11.0. The molecule has 0 spiro atoms. The van der Waals surface area contributed by atoms with Crippen LogP contribution < -0.4 is 10.2 Å². The molecule has 160 valence electrons. The molecule has 6 nitrogen and oxygen atoms in total. The predicted octanol–water partition coefficient (Wildman–Crippen LogP) is 2.94. The second-order valence-electron chi connectivity index (χ2n) is 8.88. The molecule has 2 unspecified atom stereocenters. The number of likely N-dealkylation sites (tertiary alicyclic amines) is 1. The number of rotatable bonds is 6. The predicted molar refractivity (Wildman–Crippen MR) is 115 cm³/mol. The number of nitriles is 1. The first-order chi connectivity index (χ1) is 15.1. The Morgan fingerprint density at radius 3 is 2.61 bits per heavy atom. The fourth-order valence-corrected chi connectivity index (χ4v) is 5.13. The molecule has 3 heterocycles. The van der Waals surface area contributed by atoms with Crippen molar-refractivity contribution in [1.82, 2.24) is 15.2 Å². The van der Waals surface area contributed by atoms with Gasteiger partial charge < -0.3 is 15.1 Å². The second-order valence-corrected chi connectivity index (χ2v) is 8.88. The van der Waals surface area contributed by atoms with Crippen molar-refractivity contribution in [2.45, 2.75) is 49.7 Å². The number of amides is 1. The number of piperazine rings is 1. The van der Waals surface area contributed by atoms with E-state index in [1.54, 1.807) is 24.4 Å². The molecule has 2 aliphatic heterocycles. The summed E-state index contributed by atoms with van der Waals surface area (Å²) in [6.07, 6.45) is 6.13. The summed E-state index contributed by atoms with van der Waals surface area (Å²) >= 11 is 0. The highest BCUT2D eigenvalue weighted by molar-refractivity contribution is 5.77. The molecule has 2 saturated heterocycles. The first kappa shape index (κ1) is 20.0. The van der Waals surface area contributed by atoms with Crippen LogP contribution in [0.25, 0.3) is 0 Å². The molecule has 31 heavy (non-hydrogen) atoms. The zero-order chi connectivity index (χ0) is 21.4. The van der Waals surface area contributed by atoms with Gasteiger partial charge in [-0.05, 0) is 55.5 Å². The molecular weight excluding hydrogens is 393 g/mol. The average Bonchev–Trinajstić information content (AvgIpc) is 3.53. The summed E-state index contributed by atoms with van der Waals surface area (Å²) in [6.45, 7) is 2.03. The maximum Gasteiger partial charge on any atom is 0.223 e. The molecule has 1 saturated carbocycles. The molecule has 1 amide bonds. The monoisotopic (exact) mass is 419 g/mol. The number of pyridine rings is 1. The molecule has 2 aromatic rings. The van der Waals surface area contributed by atoms with E-state index < -0.39 is 0 Å². The number of anilines is 1. The number of carbonyl (C=O) groups is 1. The summed E-state index contributed by atoms with van der Waals surface area (Å²) in [4.78, 5) is 21.7. The fraction of sp³-hybridized carbons (Fsp3) is 0.458. The summed E-state index contributed by atoms with van der Waals surface area (Å²) < 4.78 is 13.6. The van der Waals surface area contributed by atoms with Crippen LogP contribution in [0.15, 0.2) is 42.6 Å². The largest absolute Gasteiger partial charge is 0.347 e. The average molecular weight is 420 g/mol. The van der Waals surface area contributed by atoms with Crippen molar-refractivity contribution < 1.29 is 9.18 Å². The Bertz CT molecular complexity index is 999. The third-order valence-corrected chi connectivity index (χ3v) is 6.91. The lowest BCUT2D eigenvalue weighted by Crippen LogP contribution is -2.56. The van der Waals surface area contributed by atoms with E-state index in [4.69, 9.17) is 5.26 Å². The Labute approximate surface area is 181 Å². The minimum absolute atomic E-state index is 0.165. The maximum absolute atomic E-state index is 13.6. The molecule has 1 N–H and O–H groups in total. The molecule has 5 rings (SSSR count). The van der Waals surface area contributed by atoms with Gasteiger partial charge in [0.1, 0.15) is 17.7 Å². The third kappa shape index (κ3) is 3.88. The van der Waals surface area contributed by atoms with Gasteiger partial charge in [-0.1, -0.05) is 12.1 Å². The van der Waals surface area contributed by atoms with Crippen LogP contribution in [0.3, 0.4) is 0 Å². The van der Waals surface area contributed by atoms with E-state index in [9.17, 15) is 9.18 Å². The smallest absolute Gasteiger partial charge is 0.223 e. The minimum Gasteiger partial charge on any atom is -0.347 e. The van der Waals surface area contributed by atoms with Gasteiger partial charge in [0.2, 0.25) is 5.91 Å². The van der Waals surface area contributed by atoms with E-state index in [1.165, 1.54) is 6.07 Å². The lowest BCUT2D eigenvalue weighted by atomic mass is 10.0. The zero-order valence-electron chi connectivity index (χ0n) is 17.4. The van der Waals surface area contributed by atoms with Gasteiger partial charge in [-0.25, -0.2) is 9.37 Å². The van der Waals surface area contributed by atoms with Crippen molar-refractivity contribution >= 4 is 11.7 Å². The molecular formula is C24H26FN5O. The van der Waals surface area contributed by atoms with Crippen molar-refractivity contribution in [2.75, 3.05) is 24.5 Å². The van der Waals surface area contributed by atoms with Gasteiger partial charge in [-0.15, -0.1) is 0 Å². The van der Waals surface area contributed by atoms with Crippen LogP contribution in [-0.4, -0.2) is 47.5 Å². The molecule has 7 heteroatoms. The van der Waals surface area contributed by atoms with E-state index >= 15 is 0 Å². The highest BCUT2D eigenvalue weighted by atomic mass is 19.1. The summed E-state index contributed by atoms with van der Waals surface area (Å²) in [5.74, 6) is 0.852. The van der Waals surface area contributed by atoms with E-state index in [-0.39, 0.29) is 29.3 Å². The van der Waals surface area contributed by atoms with E-state index in [1.807, 2.05) is 17.0 Å². The quantitative estimate of drug-likeness (QED) is 0.780. The molecule has 0 radical (unpaired) electrons. The van der Waals surface area contributed by atoms with Gasteiger partial charge in [0, 0.05) is 49.9 Å². The highest BCUT2D eigenvalue weighted by Crippen LogP contribution is 2.45. The lowest BCUT2D eigenvalue weighted by molar-refractivity contribution is -0.132. The molecule has 3 aliphatic rings. The second kappa shape index (κ2) is 7.93. The number of benzene rings is 1. The minimum atomic E-state index is -0.216. The van der Waals surface area contributed by atoms with Gasteiger partial charge in [0.15, 0.2) is 0 Å². The number of nitrogens with one attached hydrogen (secondary N) is 1. The Kier molecular flexibility index (Phi) is 5.11. The van der Waals surface area contributed by atoms with Crippen LogP contribution in [0.4, 0.5) is 10.2 Å². The highest BCUT2D eigenvalue weighted by Gasteiger charge is 2.44. The molecule has 2 atom stereocenters. The van der Waals surface area contributed by atoms with Crippen LogP contribution in [-0.2, 0) is 10.3 Å². The van der Waals surface area contributed by atoms with Gasteiger partial charge in [0.05, 0.1) is 5.56 Å². The van der Waals surface area contributed by atoms with Crippen molar-refractivity contribution in [3.05, 3.63) is 59.5 Å². The molecule has 1 aromatic heterocycles.